The molecule has 0 aliphatic carbocycles. The molecule has 17 nitrogen and oxygen atoms in total. The van der Waals surface area contributed by atoms with Gasteiger partial charge in [0.2, 0.25) is 0 Å². The highest BCUT2D eigenvalue weighted by molar-refractivity contribution is 7.47. The van der Waals surface area contributed by atoms with E-state index in [1.54, 1.807) is 0 Å². The van der Waals surface area contributed by atoms with Gasteiger partial charge in [0, 0.05) is 25.7 Å². The van der Waals surface area contributed by atoms with Crippen LogP contribution in [0.15, 0.2) is 0 Å². The van der Waals surface area contributed by atoms with Gasteiger partial charge in [-0.25, -0.2) is 9.13 Å². The van der Waals surface area contributed by atoms with Gasteiger partial charge in [0.15, 0.2) is 12.2 Å². The first-order valence-electron chi connectivity index (χ1n) is 39.5. The fraction of sp³-hybridized carbons (Fsp3) is 0.947. The van der Waals surface area contributed by atoms with E-state index in [-0.39, 0.29) is 25.7 Å². The standard InChI is InChI=1S/C76H148O17P2/c1-7-10-12-14-16-18-28-35-42-48-54-60-75(80)92-71(64-86-73(78)58-52-46-40-34-19-17-15-13-11-8-2)66-90-94(82,83)88-62-70(77)63-89-95(84,85)91-67-72(65-87-74(79)59-53-47-41-37-31-32-38-44-50-56-68(4)5)93-76(81)61-55-49-43-36-30-27-25-23-21-20-22-24-26-29-33-39-45-51-57-69(6)9-3/h68-72,77H,7-67H2,1-6H3,(H,82,83)(H,84,85)/t69?,70-,71+,72+/m0/s1. The van der Waals surface area contributed by atoms with Crippen LogP contribution < -0.4 is 0 Å². The molecule has 19 heteroatoms. The van der Waals surface area contributed by atoms with Crippen molar-refractivity contribution in [1.29, 1.82) is 0 Å². The van der Waals surface area contributed by atoms with Gasteiger partial charge in [0.05, 0.1) is 26.4 Å². The molecular weight excluding hydrogens is 1250 g/mol. The van der Waals surface area contributed by atoms with E-state index in [2.05, 4.69) is 41.5 Å². The van der Waals surface area contributed by atoms with Gasteiger partial charge in [-0.3, -0.25) is 37.3 Å². The third-order valence-electron chi connectivity index (χ3n) is 18.1. The Kier molecular flexibility index (Phi) is 66.5. The van der Waals surface area contributed by atoms with Crippen molar-refractivity contribution in [2.75, 3.05) is 39.6 Å². The molecule has 0 aromatic rings. The number of ether oxygens (including phenoxy) is 4. The van der Waals surface area contributed by atoms with Gasteiger partial charge >= 0.3 is 39.5 Å². The van der Waals surface area contributed by atoms with E-state index in [4.69, 9.17) is 37.0 Å². The summed E-state index contributed by atoms with van der Waals surface area (Å²) in [7, 11) is -9.91. The number of phosphoric acid groups is 2. The second-order valence-electron chi connectivity index (χ2n) is 28.1. The molecule has 3 unspecified atom stereocenters. The third-order valence-corrected chi connectivity index (χ3v) is 20.0. The van der Waals surface area contributed by atoms with Crippen molar-refractivity contribution >= 4 is 39.5 Å². The lowest BCUT2D eigenvalue weighted by Crippen LogP contribution is -2.30. The molecule has 0 aromatic heterocycles. The smallest absolute Gasteiger partial charge is 0.462 e. The summed E-state index contributed by atoms with van der Waals surface area (Å²) in [6, 6.07) is 0. The van der Waals surface area contributed by atoms with Gasteiger partial charge in [0.25, 0.3) is 0 Å². The van der Waals surface area contributed by atoms with Gasteiger partial charge in [-0.2, -0.15) is 0 Å². The van der Waals surface area contributed by atoms with E-state index in [1.807, 2.05) is 0 Å². The Bertz CT molecular complexity index is 1840. The predicted molar refractivity (Wildman–Crippen MR) is 386 cm³/mol. The van der Waals surface area contributed by atoms with Gasteiger partial charge in [-0.05, 0) is 37.5 Å². The number of esters is 4. The molecule has 0 amide bonds. The van der Waals surface area contributed by atoms with Crippen molar-refractivity contribution in [3.8, 4) is 0 Å². The number of phosphoric ester groups is 2. The summed E-state index contributed by atoms with van der Waals surface area (Å²) < 4.78 is 68.4. The molecule has 6 atom stereocenters. The Hall–Kier alpha value is -1.94. The molecule has 0 spiro atoms. The number of hydrogen-bond donors (Lipinski definition) is 3. The van der Waals surface area contributed by atoms with E-state index < -0.39 is 97.5 Å². The average Bonchev–Trinajstić information content (AvgIpc) is 1.71. The van der Waals surface area contributed by atoms with Gasteiger partial charge in [-0.1, -0.05) is 343 Å². The van der Waals surface area contributed by atoms with Crippen LogP contribution in [-0.4, -0.2) is 96.7 Å². The van der Waals surface area contributed by atoms with Gasteiger partial charge < -0.3 is 33.8 Å². The maximum atomic E-state index is 13.1. The normalized spacial score (nSPS) is 14.3. The van der Waals surface area contributed by atoms with Crippen molar-refractivity contribution in [3.05, 3.63) is 0 Å². The molecule has 0 aromatic carbocycles. The Morgan fingerprint density at radius 2 is 0.537 bits per heavy atom. The number of carbonyl (C=O) groups excluding carboxylic acids is 4. The topological polar surface area (TPSA) is 237 Å². The Morgan fingerprint density at radius 3 is 0.800 bits per heavy atom. The number of unbranched alkanes of at least 4 members (excludes halogenated alkanes) is 44. The molecule has 3 N–H and O–H groups in total. The molecule has 0 aliphatic heterocycles. The highest BCUT2D eigenvalue weighted by atomic mass is 31.2. The van der Waals surface area contributed by atoms with Crippen molar-refractivity contribution in [2.45, 2.75) is 413 Å². The Morgan fingerprint density at radius 1 is 0.305 bits per heavy atom. The molecule has 0 fully saturated rings. The van der Waals surface area contributed by atoms with E-state index in [0.29, 0.717) is 25.7 Å². The summed E-state index contributed by atoms with van der Waals surface area (Å²) in [6.45, 7) is 9.63. The number of aliphatic hydroxyl groups is 1. The third kappa shape index (κ3) is 69.0. The second-order valence-corrected chi connectivity index (χ2v) is 31.0. The van der Waals surface area contributed by atoms with E-state index in [0.717, 1.165) is 102 Å². The molecule has 95 heavy (non-hydrogen) atoms. The van der Waals surface area contributed by atoms with Crippen LogP contribution in [0.3, 0.4) is 0 Å². The Labute approximate surface area is 581 Å². The second kappa shape index (κ2) is 67.9. The molecule has 0 aliphatic rings. The monoisotopic (exact) mass is 1400 g/mol. The molecule has 0 saturated heterocycles. The average molecular weight is 1400 g/mol. The maximum absolute atomic E-state index is 13.1. The zero-order chi connectivity index (χ0) is 70.0. The number of carbonyl (C=O) groups is 4. The van der Waals surface area contributed by atoms with Crippen LogP contribution in [0.1, 0.15) is 395 Å². The largest absolute Gasteiger partial charge is 0.472 e. The van der Waals surface area contributed by atoms with Gasteiger partial charge in [-0.15, -0.1) is 0 Å². The molecule has 0 heterocycles. The first-order chi connectivity index (χ1) is 45.9. The highest BCUT2D eigenvalue weighted by Gasteiger charge is 2.30. The van der Waals surface area contributed by atoms with Crippen LogP contribution in [0.25, 0.3) is 0 Å². The highest BCUT2D eigenvalue weighted by Crippen LogP contribution is 2.45. The van der Waals surface area contributed by atoms with E-state index in [9.17, 15) is 43.2 Å². The number of rotatable bonds is 75. The fourth-order valence-corrected chi connectivity index (χ4v) is 13.2. The van der Waals surface area contributed by atoms with Crippen LogP contribution >= 0.6 is 15.6 Å². The molecule has 0 rings (SSSR count). The summed E-state index contributed by atoms with van der Waals surface area (Å²) in [4.78, 5) is 72.7. The summed E-state index contributed by atoms with van der Waals surface area (Å²) >= 11 is 0. The van der Waals surface area contributed by atoms with Crippen LogP contribution in [-0.2, 0) is 65.4 Å². The molecular formula is C76H148O17P2. The van der Waals surface area contributed by atoms with Crippen molar-refractivity contribution < 1.29 is 80.2 Å². The van der Waals surface area contributed by atoms with Gasteiger partial charge in [0.1, 0.15) is 19.3 Å². The van der Waals surface area contributed by atoms with Crippen LogP contribution in [0.5, 0.6) is 0 Å². The van der Waals surface area contributed by atoms with Crippen molar-refractivity contribution in [3.63, 3.8) is 0 Å². The van der Waals surface area contributed by atoms with Crippen LogP contribution in [0.2, 0.25) is 0 Å². The van der Waals surface area contributed by atoms with E-state index >= 15 is 0 Å². The maximum Gasteiger partial charge on any atom is 0.472 e. The minimum atomic E-state index is -4.96. The molecule has 0 bridgehead atoms. The minimum Gasteiger partial charge on any atom is -0.462 e. The minimum absolute atomic E-state index is 0.107. The SMILES string of the molecule is CCCCCCCCCCCCCC(=O)O[C@H](COC(=O)CCCCCCCCCCCC)COP(=O)(O)OC[C@H](O)COP(=O)(O)OC[C@@H](COC(=O)CCCCCCCCCCCC(C)C)OC(=O)CCCCCCCCCCCCCCCCCCCCC(C)CC. The van der Waals surface area contributed by atoms with E-state index in [1.165, 1.54) is 212 Å². The van der Waals surface area contributed by atoms with Crippen molar-refractivity contribution in [2.24, 2.45) is 11.8 Å². The lowest BCUT2D eigenvalue weighted by molar-refractivity contribution is -0.161. The number of hydrogen-bond acceptors (Lipinski definition) is 15. The summed E-state index contributed by atoms with van der Waals surface area (Å²) in [6.07, 6.45) is 55.5. The first-order valence-corrected chi connectivity index (χ1v) is 42.5. The lowest BCUT2D eigenvalue weighted by atomic mass is 9.99. The lowest BCUT2D eigenvalue weighted by Gasteiger charge is -2.21. The predicted octanol–water partition coefficient (Wildman–Crippen LogP) is 22.3. The summed E-state index contributed by atoms with van der Waals surface area (Å²) in [5.41, 5.74) is 0. The zero-order valence-corrected chi connectivity index (χ0v) is 63.8. The molecule has 0 radical (unpaired) electrons. The molecule has 564 valence electrons. The summed E-state index contributed by atoms with van der Waals surface area (Å²) in [5.74, 6) is -0.502. The van der Waals surface area contributed by atoms with Crippen molar-refractivity contribution in [1.82, 2.24) is 0 Å². The van der Waals surface area contributed by atoms with Crippen LogP contribution in [0, 0.1) is 11.8 Å². The fourth-order valence-electron chi connectivity index (χ4n) is 11.6. The Balaban J connectivity index is 5.17. The summed E-state index contributed by atoms with van der Waals surface area (Å²) in [5, 5.41) is 10.6. The first kappa shape index (κ1) is 93.1. The number of aliphatic hydroxyl groups excluding tert-OH is 1. The quantitative estimate of drug-likeness (QED) is 0.0222. The van der Waals surface area contributed by atoms with Crippen LogP contribution in [0.4, 0.5) is 0 Å². The zero-order valence-electron chi connectivity index (χ0n) is 62.0. The molecule has 0 saturated carbocycles.